The number of carbonyl (C=O) groups is 2. The van der Waals surface area contributed by atoms with Gasteiger partial charge in [0, 0.05) is 20.6 Å². The van der Waals surface area contributed by atoms with Gasteiger partial charge in [0.1, 0.15) is 17.2 Å². The molecule has 0 aromatic heterocycles. The van der Waals surface area contributed by atoms with Crippen molar-refractivity contribution in [3.63, 3.8) is 0 Å². The van der Waals surface area contributed by atoms with Gasteiger partial charge in [-0.25, -0.2) is 4.79 Å². The fourth-order valence-corrected chi connectivity index (χ4v) is 3.80. The van der Waals surface area contributed by atoms with E-state index in [1.165, 1.54) is 6.07 Å². The Balaban J connectivity index is 1.60. The van der Waals surface area contributed by atoms with Crippen LogP contribution in [0.2, 0.25) is 0 Å². The van der Waals surface area contributed by atoms with Crippen LogP contribution in [0.3, 0.4) is 0 Å². The molecule has 3 aromatic carbocycles. The molecule has 3 aromatic rings. The van der Waals surface area contributed by atoms with Crippen molar-refractivity contribution < 1.29 is 23.8 Å². The number of carbonyl (C=O) groups excluding carboxylic acids is 2. The number of esters is 1. The van der Waals surface area contributed by atoms with Crippen LogP contribution in [0, 0.1) is 0 Å². The molecule has 1 aliphatic rings. The lowest BCUT2D eigenvalue weighted by Crippen LogP contribution is -2.09. The first-order valence-electron chi connectivity index (χ1n) is 8.85. The van der Waals surface area contributed by atoms with Crippen molar-refractivity contribution in [1.29, 1.82) is 0 Å². The molecule has 0 amide bonds. The lowest BCUT2D eigenvalue weighted by molar-refractivity contribution is 0.0733. The topological polar surface area (TPSA) is 61.8 Å². The predicted octanol–water partition coefficient (Wildman–Crippen LogP) is 6.06. The molecule has 1 heterocycles. The lowest BCUT2D eigenvalue weighted by Gasteiger charge is -2.07. The van der Waals surface area contributed by atoms with Crippen LogP contribution < -0.4 is 14.2 Å². The van der Waals surface area contributed by atoms with Crippen molar-refractivity contribution >= 4 is 49.7 Å². The van der Waals surface area contributed by atoms with Crippen molar-refractivity contribution in [2.45, 2.75) is 0 Å². The summed E-state index contributed by atoms with van der Waals surface area (Å²) in [6.45, 7) is 0. The van der Waals surface area contributed by atoms with Crippen molar-refractivity contribution in [1.82, 2.24) is 0 Å². The number of allylic oxidation sites excluding steroid dienone is 1. The Morgan fingerprint density at radius 3 is 2.60 bits per heavy atom. The summed E-state index contributed by atoms with van der Waals surface area (Å²) in [6.07, 6.45) is 1.62. The highest BCUT2D eigenvalue weighted by Crippen LogP contribution is 2.36. The SMILES string of the molecule is COc1ccc(Br)cc1/C=C1\Oc2cc(OC(=O)c3ccccc3Br)ccc2C1=O. The summed E-state index contributed by atoms with van der Waals surface area (Å²) in [6, 6.07) is 17.1. The smallest absolute Gasteiger partial charge is 0.344 e. The number of benzene rings is 3. The monoisotopic (exact) mass is 528 g/mol. The zero-order valence-electron chi connectivity index (χ0n) is 15.6. The first kappa shape index (κ1) is 20.4. The number of ketones is 1. The Hall–Kier alpha value is -2.90. The first-order valence-corrected chi connectivity index (χ1v) is 10.4. The molecule has 7 heteroatoms. The summed E-state index contributed by atoms with van der Waals surface area (Å²) in [5.74, 6) is 0.620. The average Bonchev–Trinajstić information content (AvgIpc) is 3.03. The molecule has 0 saturated heterocycles. The summed E-state index contributed by atoms with van der Waals surface area (Å²) in [4.78, 5) is 25.1. The number of fused-ring (bicyclic) bond motifs is 1. The minimum atomic E-state index is -0.513. The van der Waals surface area contributed by atoms with E-state index < -0.39 is 5.97 Å². The van der Waals surface area contributed by atoms with Crippen LogP contribution in [0.4, 0.5) is 0 Å². The summed E-state index contributed by atoms with van der Waals surface area (Å²) in [5.41, 5.74) is 1.50. The van der Waals surface area contributed by atoms with Crippen LogP contribution in [0.15, 0.2) is 75.4 Å². The number of halogens is 2. The highest BCUT2D eigenvalue weighted by molar-refractivity contribution is 9.10. The normalized spacial score (nSPS) is 13.7. The second-order valence-electron chi connectivity index (χ2n) is 6.35. The van der Waals surface area contributed by atoms with Crippen molar-refractivity contribution in [3.8, 4) is 17.2 Å². The first-order chi connectivity index (χ1) is 14.5. The Morgan fingerprint density at radius 1 is 1.03 bits per heavy atom. The Morgan fingerprint density at radius 2 is 1.83 bits per heavy atom. The van der Waals surface area contributed by atoms with E-state index >= 15 is 0 Å². The molecule has 0 fully saturated rings. The molecule has 4 rings (SSSR count). The maximum Gasteiger partial charge on any atom is 0.344 e. The number of hydrogen-bond donors (Lipinski definition) is 0. The highest BCUT2D eigenvalue weighted by Gasteiger charge is 2.28. The second-order valence-corrected chi connectivity index (χ2v) is 8.12. The minimum Gasteiger partial charge on any atom is -0.496 e. The third-order valence-corrected chi connectivity index (χ3v) is 5.61. The fraction of sp³-hybridized carbons (Fsp3) is 0.0435. The maximum atomic E-state index is 12.7. The van der Waals surface area contributed by atoms with Crippen molar-refractivity contribution in [2.24, 2.45) is 0 Å². The summed E-state index contributed by atoms with van der Waals surface area (Å²) in [5, 5.41) is 0. The van der Waals surface area contributed by atoms with E-state index in [-0.39, 0.29) is 17.3 Å². The number of methoxy groups -OCH3 is 1. The number of Topliss-reactive ketones (excluding diaryl/α,β-unsaturated/α-hetero) is 1. The zero-order chi connectivity index (χ0) is 21.3. The molecule has 0 atom stereocenters. The summed E-state index contributed by atoms with van der Waals surface area (Å²) >= 11 is 6.75. The van der Waals surface area contributed by atoms with Gasteiger partial charge >= 0.3 is 5.97 Å². The molecule has 30 heavy (non-hydrogen) atoms. The van der Waals surface area contributed by atoms with Crippen LogP contribution in [-0.4, -0.2) is 18.9 Å². The average molecular weight is 530 g/mol. The molecular formula is C23H14Br2O5. The van der Waals surface area contributed by atoms with Gasteiger partial charge in [-0.15, -0.1) is 0 Å². The molecule has 0 spiro atoms. The van der Waals surface area contributed by atoms with Gasteiger partial charge in [0.15, 0.2) is 5.76 Å². The molecule has 0 unspecified atom stereocenters. The van der Waals surface area contributed by atoms with Gasteiger partial charge in [0.2, 0.25) is 5.78 Å². The summed E-state index contributed by atoms with van der Waals surface area (Å²) < 4.78 is 18.0. The Kier molecular flexibility index (Phi) is 5.74. The molecule has 1 aliphatic heterocycles. The molecule has 0 aliphatic carbocycles. The Bertz CT molecular complexity index is 1200. The number of ether oxygens (including phenoxy) is 3. The summed E-state index contributed by atoms with van der Waals surface area (Å²) in [7, 11) is 1.56. The number of hydrogen-bond acceptors (Lipinski definition) is 5. The molecule has 0 N–H and O–H groups in total. The van der Waals surface area contributed by atoms with E-state index in [0.29, 0.717) is 32.7 Å². The van der Waals surface area contributed by atoms with Crippen molar-refractivity contribution in [2.75, 3.05) is 7.11 Å². The third-order valence-electron chi connectivity index (χ3n) is 4.42. The molecule has 0 saturated carbocycles. The third kappa shape index (κ3) is 4.04. The molecule has 5 nitrogen and oxygen atoms in total. The van der Waals surface area contributed by atoms with Gasteiger partial charge in [-0.05, 0) is 64.5 Å². The second kappa shape index (κ2) is 8.45. The van der Waals surface area contributed by atoms with Gasteiger partial charge in [-0.2, -0.15) is 0 Å². The fourth-order valence-electron chi connectivity index (χ4n) is 2.98. The zero-order valence-corrected chi connectivity index (χ0v) is 18.8. The Labute approximate surface area is 189 Å². The van der Waals surface area contributed by atoms with E-state index in [4.69, 9.17) is 14.2 Å². The van der Waals surface area contributed by atoms with Gasteiger partial charge < -0.3 is 14.2 Å². The van der Waals surface area contributed by atoms with E-state index in [1.54, 1.807) is 49.6 Å². The molecule has 0 bridgehead atoms. The van der Waals surface area contributed by atoms with E-state index in [0.717, 1.165) is 4.47 Å². The van der Waals surface area contributed by atoms with E-state index in [1.807, 2.05) is 18.2 Å². The van der Waals surface area contributed by atoms with Gasteiger partial charge in [0.05, 0.1) is 18.2 Å². The lowest BCUT2D eigenvalue weighted by atomic mass is 10.1. The highest BCUT2D eigenvalue weighted by atomic mass is 79.9. The van der Waals surface area contributed by atoms with Crippen LogP contribution in [0.5, 0.6) is 17.2 Å². The minimum absolute atomic E-state index is 0.163. The largest absolute Gasteiger partial charge is 0.496 e. The predicted molar refractivity (Wildman–Crippen MR) is 119 cm³/mol. The van der Waals surface area contributed by atoms with Crippen LogP contribution in [0.25, 0.3) is 6.08 Å². The van der Waals surface area contributed by atoms with E-state index in [9.17, 15) is 9.59 Å². The quantitative estimate of drug-likeness (QED) is 0.234. The molecule has 0 radical (unpaired) electrons. The van der Waals surface area contributed by atoms with Gasteiger partial charge in [-0.1, -0.05) is 28.1 Å². The number of rotatable bonds is 4. The standard InChI is InChI=1S/C23H14Br2O5/c1-28-19-9-6-14(24)10-13(19)11-21-22(26)17-8-7-15(12-20(17)30-21)29-23(27)16-4-2-3-5-18(16)25/h2-12H,1H3/b21-11-. The van der Waals surface area contributed by atoms with E-state index in [2.05, 4.69) is 31.9 Å². The van der Waals surface area contributed by atoms with Gasteiger partial charge in [0.25, 0.3) is 0 Å². The maximum absolute atomic E-state index is 12.7. The van der Waals surface area contributed by atoms with Crippen LogP contribution >= 0.6 is 31.9 Å². The van der Waals surface area contributed by atoms with Gasteiger partial charge in [-0.3, -0.25) is 4.79 Å². The van der Waals surface area contributed by atoms with Crippen LogP contribution in [0.1, 0.15) is 26.3 Å². The molecular weight excluding hydrogens is 516 g/mol. The molecule has 150 valence electrons. The van der Waals surface area contributed by atoms with Crippen LogP contribution in [-0.2, 0) is 0 Å². The van der Waals surface area contributed by atoms with Crippen molar-refractivity contribution in [3.05, 3.63) is 92.1 Å².